The summed E-state index contributed by atoms with van der Waals surface area (Å²) in [5.74, 6) is 0. The molecular weight excluding hydrogens is 296 g/mol. The van der Waals surface area contributed by atoms with E-state index < -0.39 is 6.43 Å². The summed E-state index contributed by atoms with van der Waals surface area (Å²) in [6.45, 7) is 0. The standard InChI is InChI=1S/C7H5Br2F2N/c8-3-4-1-2-5(7(10)11)6(9)12-4/h1-2,7H,3H2. The fourth-order valence-electron chi connectivity index (χ4n) is 0.720. The number of nitrogens with zero attached hydrogens (tertiary/aromatic N) is 1. The van der Waals surface area contributed by atoms with Crippen LogP contribution in [0.2, 0.25) is 0 Å². The molecule has 1 heterocycles. The first-order valence-electron chi connectivity index (χ1n) is 3.14. The molecule has 0 saturated carbocycles. The normalized spacial score (nSPS) is 10.8. The molecule has 0 radical (unpaired) electrons. The van der Waals surface area contributed by atoms with E-state index in [1.165, 1.54) is 6.07 Å². The van der Waals surface area contributed by atoms with Crippen LogP contribution in [0.4, 0.5) is 8.78 Å². The number of alkyl halides is 3. The number of hydrogen-bond acceptors (Lipinski definition) is 1. The summed E-state index contributed by atoms with van der Waals surface area (Å²) < 4.78 is 24.6. The van der Waals surface area contributed by atoms with Crippen molar-refractivity contribution in [3.63, 3.8) is 0 Å². The van der Waals surface area contributed by atoms with Crippen molar-refractivity contribution in [2.75, 3.05) is 0 Å². The van der Waals surface area contributed by atoms with E-state index in [4.69, 9.17) is 0 Å². The molecular formula is C7H5Br2F2N. The molecule has 1 nitrogen and oxygen atoms in total. The van der Waals surface area contributed by atoms with Gasteiger partial charge in [-0.3, -0.25) is 0 Å². The Morgan fingerprint density at radius 2 is 2.08 bits per heavy atom. The van der Waals surface area contributed by atoms with E-state index in [0.29, 0.717) is 5.33 Å². The Labute approximate surface area is 85.4 Å². The van der Waals surface area contributed by atoms with Gasteiger partial charge in [-0.15, -0.1) is 0 Å². The Balaban J connectivity index is 3.03. The quantitative estimate of drug-likeness (QED) is 0.600. The van der Waals surface area contributed by atoms with Crippen LogP contribution in [0.5, 0.6) is 0 Å². The van der Waals surface area contributed by atoms with Crippen molar-refractivity contribution in [3.05, 3.63) is 28.0 Å². The summed E-state index contributed by atoms with van der Waals surface area (Å²) in [4.78, 5) is 3.90. The van der Waals surface area contributed by atoms with E-state index in [1.54, 1.807) is 6.07 Å². The monoisotopic (exact) mass is 299 g/mol. The molecule has 0 bridgehead atoms. The fraction of sp³-hybridized carbons (Fsp3) is 0.286. The Kier molecular flexibility index (Phi) is 3.58. The third-order valence-corrected chi connectivity index (χ3v) is 2.52. The lowest BCUT2D eigenvalue weighted by Crippen LogP contribution is -1.92. The molecule has 0 aliphatic heterocycles. The molecule has 0 unspecified atom stereocenters. The average molecular weight is 301 g/mol. The highest BCUT2D eigenvalue weighted by Crippen LogP contribution is 2.25. The molecule has 1 aromatic heterocycles. The van der Waals surface area contributed by atoms with Crippen LogP contribution < -0.4 is 0 Å². The first-order chi connectivity index (χ1) is 5.65. The first-order valence-corrected chi connectivity index (χ1v) is 5.06. The maximum Gasteiger partial charge on any atom is 0.266 e. The Morgan fingerprint density at radius 1 is 1.42 bits per heavy atom. The summed E-state index contributed by atoms with van der Waals surface area (Å²) in [6, 6.07) is 2.94. The molecule has 0 aliphatic carbocycles. The molecule has 12 heavy (non-hydrogen) atoms. The molecule has 5 heteroatoms. The molecule has 1 aromatic rings. The molecule has 0 fully saturated rings. The topological polar surface area (TPSA) is 12.9 Å². The van der Waals surface area contributed by atoms with Gasteiger partial charge in [0.15, 0.2) is 0 Å². The molecule has 0 atom stereocenters. The Morgan fingerprint density at radius 3 is 2.50 bits per heavy atom. The van der Waals surface area contributed by atoms with Gasteiger partial charge in [-0.2, -0.15) is 0 Å². The van der Waals surface area contributed by atoms with Crippen LogP contribution in [0.25, 0.3) is 0 Å². The van der Waals surface area contributed by atoms with E-state index >= 15 is 0 Å². The second-order valence-corrected chi connectivity index (χ2v) is 3.43. The van der Waals surface area contributed by atoms with Gasteiger partial charge in [-0.25, -0.2) is 13.8 Å². The molecule has 0 amide bonds. The SMILES string of the molecule is FC(F)c1ccc(CBr)nc1Br. The number of aromatic nitrogens is 1. The van der Waals surface area contributed by atoms with Gasteiger partial charge in [0.1, 0.15) is 4.60 Å². The van der Waals surface area contributed by atoms with Crippen LogP contribution in [0, 0.1) is 0 Å². The summed E-state index contributed by atoms with van der Waals surface area (Å²) in [5.41, 5.74) is 0.658. The minimum absolute atomic E-state index is 0.0697. The predicted molar refractivity (Wildman–Crippen MR) is 49.5 cm³/mol. The van der Waals surface area contributed by atoms with Crippen LogP contribution in [-0.4, -0.2) is 4.98 Å². The summed E-state index contributed by atoms with van der Waals surface area (Å²) >= 11 is 6.16. The van der Waals surface area contributed by atoms with Gasteiger partial charge in [-0.1, -0.05) is 15.9 Å². The van der Waals surface area contributed by atoms with Crippen LogP contribution in [0.3, 0.4) is 0 Å². The van der Waals surface area contributed by atoms with E-state index in [1.807, 2.05) is 0 Å². The first kappa shape index (κ1) is 10.1. The van der Waals surface area contributed by atoms with Crippen LogP contribution in [0.15, 0.2) is 16.7 Å². The van der Waals surface area contributed by atoms with Crippen LogP contribution >= 0.6 is 31.9 Å². The van der Waals surface area contributed by atoms with Gasteiger partial charge in [0.25, 0.3) is 6.43 Å². The smallest absolute Gasteiger partial charge is 0.245 e. The number of pyridine rings is 1. The predicted octanol–water partition coefficient (Wildman–Crippen LogP) is 3.68. The van der Waals surface area contributed by atoms with Crippen molar-refractivity contribution < 1.29 is 8.78 Å². The summed E-state index contributed by atoms with van der Waals surface area (Å²) in [6.07, 6.45) is -2.48. The van der Waals surface area contributed by atoms with Crippen molar-refractivity contribution >= 4 is 31.9 Å². The molecule has 0 saturated heterocycles. The summed E-state index contributed by atoms with van der Waals surface area (Å²) in [5, 5.41) is 0.565. The van der Waals surface area contributed by atoms with Crippen molar-refractivity contribution in [3.8, 4) is 0 Å². The van der Waals surface area contributed by atoms with Gasteiger partial charge in [0, 0.05) is 5.33 Å². The molecule has 1 rings (SSSR count). The van der Waals surface area contributed by atoms with E-state index in [2.05, 4.69) is 36.8 Å². The van der Waals surface area contributed by atoms with Crippen molar-refractivity contribution in [2.24, 2.45) is 0 Å². The molecule has 0 N–H and O–H groups in total. The molecule has 0 spiro atoms. The minimum atomic E-state index is -2.48. The van der Waals surface area contributed by atoms with E-state index in [9.17, 15) is 8.78 Å². The Hall–Kier alpha value is -0.0300. The second kappa shape index (κ2) is 4.28. The molecule has 0 aliphatic rings. The average Bonchev–Trinajstić information content (AvgIpc) is 2.03. The maximum atomic E-state index is 12.2. The zero-order chi connectivity index (χ0) is 9.14. The van der Waals surface area contributed by atoms with E-state index in [0.717, 1.165) is 5.69 Å². The largest absolute Gasteiger partial charge is 0.266 e. The lowest BCUT2D eigenvalue weighted by atomic mass is 10.3. The van der Waals surface area contributed by atoms with Crippen LogP contribution in [0.1, 0.15) is 17.7 Å². The van der Waals surface area contributed by atoms with E-state index in [-0.39, 0.29) is 10.2 Å². The van der Waals surface area contributed by atoms with Gasteiger partial charge in [0.2, 0.25) is 0 Å². The van der Waals surface area contributed by atoms with Crippen molar-refractivity contribution in [2.45, 2.75) is 11.8 Å². The zero-order valence-electron chi connectivity index (χ0n) is 5.90. The third kappa shape index (κ3) is 2.23. The summed E-state index contributed by atoms with van der Waals surface area (Å²) in [7, 11) is 0. The minimum Gasteiger partial charge on any atom is -0.245 e. The van der Waals surface area contributed by atoms with Gasteiger partial charge < -0.3 is 0 Å². The molecule has 0 aromatic carbocycles. The highest BCUT2D eigenvalue weighted by Gasteiger charge is 2.12. The zero-order valence-corrected chi connectivity index (χ0v) is 9.07. The number of hydrogen-bond donors (Lipinski definition) is 0. The van der Waals surface area contributed by atoms with Crippen molar-refractivity contribution in [1.82, 2.24) is 4.98 Å². The second-order valence-electron chi connectivity index (χ2n) is 2.12. The lowest BCUT2D eigenvalue weighted by molar-refractivity contribution is 0.150. The number of rotatable bonds is 2. The highest BCUT2D eigenvalue weighted by atomic mass is 79.9. The van der Waals surface area contributed by atoms with Gasteiger partial charge in [0.05, 0.1) is 11.3 Å². The molecule has 66 valence electrons. The Bertz CT molecular complexity index is 278. The van der Waals surface area contributed by atoms with Gasteiger partial charge in [-0.05, 0) is 28.1 Å². The van der Waals surface area contributed by atoms with Gasteiger partial charge >= 0.3 is 0 Å². The maximum absolute atomic E-state index is 12.2. The number of halogens is 4. The third-order valence-electron chi connectivity index (χ3n) is 1.31. The highest BCUT2D eigenvalue weighted by molar-refractivity contribution is 9.10. The van der Waals surface area contributed by atoms with Crippen molar-refractivity contribution in [1.29, 1.82) is 0 Å². The van der Waals surface area contributed by atoms with Crippen LogP contribution in [-0.2, 0) is 5.33 Å². The lowest BCUT2D eigenvalue weighted by Gasteiger charge is -2.02. The fourth-order valence-corrected chi connectivity index (χ4v) is 1.57.